The Morgan fingerprint density at radius 3 is 2.76 bits per heavy atom. The molecule has 0 unspecified atom stereocenters. The molecule has 0 amide bonds. The van der Waals surface area contributed by atoms with Crippen LogP contribution in [0.25, 0.3) is 0 Å². The number of benzene rings is 1. The van der Waals surface area contributed by atoms with E-state index in [9.17, 15) is 4.39 Å². The van der Waals surface area contributed by atoms with Gasteiger partial charge >= 0.3 is 0 Å². The average Bonchev–Trinajstić information content (AvgIpc) is 2.58. The van der Waals surface area contributed by atoms with Crippen LogP contribution in [0.15, 0.2) is 34.8 Å². The van der Waals surface area contributed by atoms with Gasteiger partial charge in [0.15, 0.2) is 0 Å². The second-order valence-corrected chi connectivity index (χ2v) is 6.05. The van der Waals surface area contributed by atoms with Crippen molar-refractivity contribution in [1.82, 2.24) is 5.32 Å². The second kappa shape index (κ2) is 5.76. The van der Waals surface area contributed by atoms with E-state index in [4.69, 9.17) is 0 Å². The van der Waals surface area contributed by atoms with E-state index >= 15 is 0 Å². The Morgan fingerprint density at radius 1 is 1.29 bits per heavy atom. The van der Waals surface area contributed by atoms with Crippen molar-refractivity contribution in [3.63, 3.8) is 0 Å². The smallest absolute Gasteiger partial charge is 0.123 e. The van der Waals surface area contributed by atoms with E-state index < -0.39 is 0 Å². The van der Waals surface area contributed by atoms with Crippen LogP contribution in [0.5, 0.6) is 0 Å². The summed E-state index contributed by atoms with van der Waals surface area (Å²) in [5.41, 5.74) is 0.970. The highest BCUT2D eigenvalue weighted by Crippen LogP contribution is 2.26. The molecule has 0 radical (unpaired) electrons. The minimum absolute atomic E-state index is 0.181. The molecule has 90 valence electrons. The van der Waals surface area contributed by atoms with Gasteiger partial charge in [0, 0.05) is 27.3 Å². The molecular formula is C13H13BrFNS. The number of hydrogen-bond donors (Lipinski definition) is 1. The van der Waals surface area contributed by atoms with Gasteiger partial charge in [-0.2, -0.15) is 0 Å². The molecule has 1 aromatic heterocycles. The number of thiophene rings is 1. The fourth-order valence-electron chi connectivity index (χ4n) is 1.58. The first-order valence-corrected chi connectivity index (χ1v) is 6.96. The highest BCUT2D eigenvalue weighted by molar-refractivity contribution is 9.10. The highest BCUT2D eigenvalue weighted by Gasteiger charge is 2.02. The van der Waals surface area contributed by atoms with Gasteiger partial charge in [0.25, 0.3) is 0 Å². The quantitative estimate of drug-likeness (QED) is 0.890. The Bertz CT molecular complexity index is 490. The number of nitrogens with one attached hydrogen (secondary N) is 1. The molecule has 2 rings (SSSR count). The second-order valence-electron chi connectivity index (χ2n) is 3.85. The molecule has 0 atom stereocenters. The van der Waals surface area contributed by atoms with Gasteiger partial charge < -0.3 is 5.32 Å². The van der Waals surface area contributed by atoms with Crippen molar-refractivity contribution >= 4 is 27.3 Å². The molecule has 0 fully saturated rings. The molecule has 0 aliphatic carbocycles. The third-order valence-electron chi connectivity index (χ3n) is 2.43. The van der Waals surface area contributed by atoms with Gasteiger partial charge in [0.05, 0.1) is 0 Å². The van der Waals surface area contributed by atoms with Crippen molar-refractivity contribution in [3.8, 4) is 0 Å². The summed E-state index contributed by atoms with van der Waals surface area (Å²) in [6.07, 6.45) is 0. The van der Waals surface area contributed by atoms with Crippen molar-refractivity contribution in [3.05, 3.63) is 55.9 Å². The maximum absolute atomic E-state index is 12.9. The summed E-state index contributed by atoms with van der Waals surface area (Å²) in [6.45, 7) is 3.59. The van der Waals surface area contributed by atoms with Gasteiger partial charge in [0.1, 0.15) is 5.82 Å². The van der Waals surface area contributed by atoms with Crippen molar-refractivity contribution in [2.24, 2.45) is 0 Å². The van der Waals surface area contributed by atoms with E-state index in [1.54, 1.807) is 23.5 Å². The van der Waals surface area contributed by atoms with Crippen LogP contribution < -0.4 is 5.32 Å². The molecule has 0 bridgehead atoms. The Balaban J connectivity index is 1.87. The Morgan fingerprint density at radius 2 is 2.12 bits per heavy atom. The van der Waals surface area contributed by atoms with E-state index in [1.165, 1.54) is 15.8 Å². The lowest BCUT2D eigenvalue weighted by atomic mass is 10.2. The highest BCUT2D eigenvalue weighted by atomic mass is 79.9. The summed E-state index contributed by atoms with van der Waals surface area (Å²) >= 11 is 5.26. The van der Waals surface area contributed by atoms with Crippen LogP contribution in [0.4, 0.5) is 4.39 Å². The van der Waals surface area contributed by atoms with E-state index in [2.05, 4.69) is 34.2 Å². The first-order chi connectivity index (χ1) is 8.15. The third kappa shape index (κ3) is 3.63. The minimum Gasteiger partial charge on any atom is -0.308 e. The van der Waals surface area contributed by atoms with Crippen LogP contribution in [0.3, 0.4) is 0 Å². The van der Waals surface area contributed by atoms with Crippen molar-refractivity contribution in [2.45, 2.75) is 20.0 Å². The summed E-state index contributed by atoms with van der Waals surface area (Å²) in [5.74, 6) is -0.181. The van der Waals surface area contributed by atoms with Crippen LogP contribution in [-0.4, -0.2) is 0 Å². The minimum atomic E-state index is -0.181. The summed E-state index contributed by atoms with van der Waals surface area (Å²) in [7, 11) is 0. The van der Waals surface area contributed by atoms with Crippen LogP contribution in [0.2, 0.25) is 0 Å². The van der Waals surface area contributed by atoms with Crippen molar-refractivity contribution in [2.75, 3.05) is 0 Å². The van der Waals surface area contributed by atoms with Gasteiger partial charge in [-0.25, -0.2) is 4.39 Å². The molecule has 4 heteroatoms. The maximum atomic E-state index is 12.9. The Labute approximate surface area is 113 Å². The molecule has 0 aliphatic heterocycles. The lowest BCUT2D eigenvalue weighted by Gasteiger charge is -2.03. The van der Waals surface area contributed by atoms with E-state index in [1.807, 2.05) is 6.07 Å². The predicted octanol–water partition coefficient (Wildman–Crippen LogP) is 4.25. The standard InChI is InChI=1S/C13H13BrFNS/c1-9-13(14)6-12(17-9)8-16-7-10-3-2-4-11(15)5-10/h2-6,16H,7-8H2,1H3. The average molecular weight is 314 g/mol. The predicted molar refractivity (Wildman–Crippen MR) is 73.7 cm³/mol. The monoisotopic (exact) mass is 313 g/mol. The third-order valence-corrected chi connectivity index (χ3v) is 4.56. The normalized spacial score (nSPS) is 10.8. The zero-order valence-corrected chi connectivity index (χ0v) is 11.9. The lowest BCUT2D eigenvalue weighted by molar-refractivity contribution is 0.620. The van der Waals surface area contributed by atoms with E-state index in [0.717, 1.165) is 16.6 Å². The maximum Gasteiger partial charge on any atom is 0.123 e. The fraction of sp³-hybridized carbons (Fsp3) is 0.231. The Hall–Kier alpha value is -0.710. The number of aryl methyl sites for hydroxylation is 1. The zero-order chi connectivity index (χ0) is 12.3. The van der Waals surface area contributed by atoms with Crippen LogP contribution in [0.1, 0.15) is 15.3 Å². The van der Waals surface area contributed by atoms with Gasteiger partial charge in [-0.05, 0) is 46.6 Å². The molecule has 1 aromatic carbocycles. The summed E-state index contributed by atoms with van der Waals surface area (Å²) in [5, 5.41) is 3.31. The number of halogens is 2. The first kappa shape index (κ1) is 12.7. The molecular weight excluding hydrogens is 301 g/mol. The Kier molecular flexibility index (Phi) is 4.31. The number of hydrogen-bond acceptors (Lipinski definition) is 2. The molecule has 1 N–H and O–H groups in total. The molecule has 17 heavy (non-hydrogen) atoms. The van der Waals surface area contributed by atoms with Gasteiger partial charge in [-0.1, -0.05) is 12.1 Å². The van der Waals surface area contributed by atoms with Gasteiger partial charge in [-0.15, -0.1) is 11.3 Å². The molecule has 1 heterocycles. The van der Waals surface area contributed by atoms with Crippen molar-refractivity contribution < 1.29 is 4.39 Å². The number of rotatable bonds is 4. The zero-order valence-electron chi connectivity index (χ0n) is 9.47. The van der Waals surface area contributed by atoms with E-state index in [-0.39, 0.29) is 5.82 Å². The molecule has 0 aliphatic rings. The van der Waals surface area contributed by atoms with Crippen molar-refractivity contribution in [1.29, 1.82) is 0 Å². The largest absolute Gasteiger partial charge is 0.308 e. The van der Waals surface area contributed by atoms with Crippen LogP contribution in [0, 0.1) is 12.7 Å². The molecule has 0 saturated heterocycles. The summed E-state index contributed by atoms with van der Waals surface area (Å²) in [4.78, 5) is 2.57. The van der Waals surface area contributed by atoms with E-state index in [0.29, 0.717) is 6.54 Å². The fourth-order valence-corrected chi connectivity index (χ4v) is 3.15. The summed E-state index contributed by atoms with van der Waals surface area (Å²) in [6, 6.07) is 8.80. The molecule has 0 spiro atoms. The summed E-state index contributed by atoms with van der Waals surface area (Å²) < 4.78 is 14.1. The SMILES string of the molecule is Cc1sc(CNCc2cccc(F)c2)cc1Br. The topological polar surface area (TPSA) is 12.0 Å². The first-order valence-electron chi connectivity index (χ1n) is 5.35. The lowest BCUT2D eigenvalue weighted by Crippen LogP contribution is -2.11. The molecule has 1 nitrogen and oxygen atoms in total. The van der Waals surface area contributed by atoms with Gasteiger partial charge in [-0.3, -0.25) is 0 Å². The molecule has 2 aromatic rings. The molecule has 0 saturated carbocycles. The van der Waals surface area contributed by atoms with Crippen LogP contribution in [-0.2, 0) is 13.1 Å². The van der Waals surface area contributed by atoms with Gasteiger partial charge in [0.2, 0.25) is 0 Å². The van der Waals surface area contributed by atoms with Crippen LogP contribution >= 0.6 is 27.3 Å².